The van der Waals surface area contributed by atoms with Gasteiger partial charge in [0, 0.05) is 18.3 Å². The fourth-order valence-corrected chi connectivity index (χ4v) is 1.88. The number of benzene rings is 1. The molecule has 6 nitrogen and oxygen atoms in total. The van der Waals surface area contributed by atoms with Crippen LogP contribution in [0.1, 0.15) is 5.56 Å². The number of hydrogen-bond acceptors (Lipinski definition) is 4. The molecular formula is C11H8BrN3O3. The maximum absolute atomic E-state index is 11.5. The van der Waals surface area contributed by atoms with Crippen molar-refractivity contribution >= 4 is 21.6 Å². The zero-order chi connectivity index (χ0) is 13.1. The van der Waals surface area contributed by atoms with Gasteiger partial charge in [0.1, 0.15) is 0 Å². The van der Waals surface area contributed by atoms with Gasteiger partial charge in [0.15, 0.2) is 0 Å². The van der Waals surface area contributed by atoms with Crippen LogP contribution in [0.5, 0.6) is 0 Å². The Morgan fingerprint density at radius 3 is 2.83 bits per heavy atom. The number of nitro groups is 1. The van der Waals surface area contributed by atoms with Gasteiger partial charge in [-0.2, -0.15) is 0 Å². The largest absolute Gasteiger partial charge is 0.295 e. The molecule has 2 aromatic rings. The second-order valence-corrected chi connectivity index (χ2v) is 4.44. The lowest BCUT2D eigenvalue weighted by Crippen LogP contribution is -2.19. The van der Waals surface area contributed by atoms with Crippen molar-refractivity contribution in [3.8, 4) is 0 Å². The Bertz CT molecular complexity index is 654. The Balaban J connectivity index is 2.36. The maximum atomic E-state index is 11.5. The summed E-state index contributed by atoms with van der Waals surface area (Å²) in [7, 11) is 0. The standard InChI is InChI=1S/C11H8BrN3O3/c12-9-2-1-8(5-10(9)15(17)18)6-14-7-13-4-3-11(14)16/h1-5,7H,6H2. The van der Waals surface area contributed by atoms with E-state index < -0.39 is 4.92 Å². The lowest BCUT2D eigenvalue weighted by Gasteiger charge is -2.05. The molecule has 2 rings (SSSR count). The number of aromatic nitrogens is 2. The van der Waals surface area contributed by atoms with E-state index >= 15 is 0 Å². The lowest BCUT2D eigenvalue weighted by molar-refractivity contribution is -0.385. The van der Waals surface area contributed by atoms with Gasteiger partial charge in [-0.05, 0) is 27.6 Å². The van der Waals surface area contributed by atoms with Gasteiger partial charge in [-0.3, -0.25) is 19.5 Å². The SMILES string of the molecule is O=c1ccncn1Cc1ccc(Br)c([N+](=O)[O-])c1. The number of nitro benzene ring substituents is 1. The zero-order valence-corrected chi connectivity index (χ0v) is 10.7. The molecule has 7 heteroatoms. The van der Waals surface area contributed by atoms with E-state index in [9.17, 15) is 14.9 Å². The Hall–Kier alpha value is -2.02. The molecular weight excluding hydrogens is 302 g/mol. The highest BCUT2D eigenvalue weighted by Crippen LogP contribution is 2.25. The van der Waals surface area contributed by atoms with Crippen molar-refractivity contribution in [3.05, 3.63) is 67.3 Å². The second-order valence-electron chi connectivity index (χ2n) is 3.59. The van der Waals surface area contributed by atoms with Crippen LogP contribution in [0.4, 0.5) is 5.69 Å². The fraction of sp³-hybridized carbons (Fsp3) is 0.0909. The maximum Gasteiger partial charge on any atom is 0.283 e. The van der Waals surface area contributed by atoms with E-state index in [1.807, 2.05) is 0 Å². The first-order valence-corrected chi connectivity index (χ1v) is 5.80. The van der Waals surface area contributed by atoms with Crippen LogP contribution in [0.25, 0.3) is 0 Å². The molecule has 1 aromatic heterocycles. The Morgan fingerprint density at radius 1 is 1.39 bits per heavy atom. The Labute approximate surface area is 110 Å². The van der Waals surface area contributed by atoms with Gasteiger partial charge in [0.2, 0.25) is 0 Å². The molecule has 0 N–H and O–H groups in total. The highest BCUT2D eigenvalue weighted by Gasteiger charge is 2.12. The van der Waals surface area contributed by atoms with Crippen LogP contribution in [0.3, 0.4) is 0 Å². The topological polar surface area (TPSA) is 78.0 Å². The van der Waals surface area contributed by atoms with Crippen molar-refractivity contribution in [1.82, 2.24) is 9.55 Å². The summed E-state index contributed by atoms with van der Waals surface area (Å²) in [6.45, 7) is 0.251. The predicted octanol–water partition coefficient (Wildman–Crippen LogP) is 1.96. The van der Waals surface area contributed by atoms with E-state index in [0.717, 1.165) is 0 Å². The van der Waals surface area contributed by atoms with E-state index in [1.165, 1.54) is 29.2 Å². The van der Waals surface area contributed by atoms with Gasteiger partial charge in [-0.25, -0.2) is 4.98 Å². The van der Waals surface area contributed by atoms with Gasteiger partial charge in [-0.1, -0.05) is 6.07 Å². The number of halogens is 1. The Kier molecular flexibility index (Phi) is 3.52. The molecule has 0 saturated heterocycles. The monoisotopic (exact) mass is 309 g/mol. The molecule has 0 aliphatic heterocycles. The number of hydrogen-bond donors (Lipinski definition) is 0. The average Bonchev–Trinajstić information content (AvgIpc) is 2.34. The summed E-state index contributed by atoms with van der Waals surface area (Å²) in [5.41, 5.74) is 0.444. The van der Waals surface area contributed by atoms with Gasteiger partial charge >= 0.3 is 0 Å². The summed E-state index contributed by atoms with van der Waals surface area (Å²) in [4.78, 5) is 25.6. The molecule has 0 fully saturated rings. The molecule has 0 atom stereocenters. The third kappa shape index (κ3) is 2.62. The summed E-state index contributed by atoms with van der Waals surface area (Å²) < 4.78 is 1.79. The third-order valence-corrected chi connectivity index (χ3v) is 3.02. The molecule has 0 unspecified atom stereocenters. The third-order valence-electron chi connectivity index (χ3n) is 2.35. The second kappa shape index (κ2) is 5.09. The Morgan fingerprint density at radius 2 is 2.17 bits per heavy atom. The molecule has 92 valence electrons. The van der Waals surface area contributed by atoms with Crippen LogP contribution in [-0.4, -0.2) is 14.5 Å². The summed E-state index contributed by atoms with van der Waals surface area (Å²) in [6, 6.07) is 6.09. The fourth-order valence-electron chi connectivity index (χ4n) is 1.49. The van der Waals surface area contributed by atoms with E-state index in [4.69, 9.17) is 0 Å². The van der Waals surface area contributed by atoms with Crippen molar-refractivity contribution in [2.45, 2.75) is 6.54 Å². The predicted molar refractivity (Wildman–Crippen MR) is 68.4 cm³/mol. The van der Waals surface area contributed by atoms with Crippen LogP contribution in [0, 0.1) is 10.1 Å². The van der Waals surface area contributed by atoms with Crippen LogP contribution >= 0.6 is 15.9 Å². The van der Waals surface area contributed by atoms with Crippen molar-refractivity contribution < 1.29 is 4.92 Å². The first-order valence-electron chi connectivity index (χ1n) is 5.01. The van der Waals surface area contributed by atoms with Crippen LogP contribution in [0.15, 0.2) is 46.1 Å². The molecule has 0 aliphatic carbocycles. The minimum Gasteiger partial charge on any atom is -0.295 e. The van der Waals surface area contributed by atoms with E-state index in [1.54, 1.807) is 12.1 Å². The van der Waals surface area contributed by atoms with Crippen LogP contribution in [0.2, 0.25) is 0 Å². The summed E-state index contributed by atoms with van der Waals surface area (Å²) >= 11 is 3.11. The van der Waals surface area contributed by atoms with E-state index in [0.29, 0.717) is 10.0 Å². The highest BCUT2D eigenvalue weighted by molar-refractivity contribution is 9.10. The number of rotatable bonds is 3. The normalized spacial score (nSPS) is 10.3. The first kappa shape index (κ1) is 12.4. The smallest absolute Gasteiger partial charge is 0.283 e. The minimum absolute atomic E-state index is 0.0237. The van der Waals surface area contributed by atoms with Crippen LogP contribution in [-0.2, 0) is 6.54 Å². The molecule has 0 radical (unpaired) electrons. The molecule has 0 amide bonds. The molecule has 1 heterocycles. The van der Waals surface area contributed by atoms with Gasteiger partial charge < -0.3 is 0 Å². The first-order chi connectivity index (χ1) is 8.58. The molecule has 0 saturated carbocycles. The minimum atomic E-state index is -0.473. The van der Waals surface area contributed by atoms with Crippen molar-refractivity contribution in [3.63, 3.8) is 0 Å². The van der Waals surface area contributed by atoms with Crippen molar-refractivity contribution in [2.75, 3.05) is 0 Å². The van der Waals surface area contributed by atoms with Crippen LogP contribution < -0.4 is 5.56 Å². The number of nitrogens with zero attached hydrogens (tertiary/aromatic N) is 3. The molecule has 18 heavy (non-hydrogen) atoms. The van der Waals surface area contributed by atoms with E-state index in [-0.39, 0.29) is 17.8 Å². The molecule has 0 spiro atoms. The van der Waals surface area contributed by atoms with Gasteiger partial charge in [-0.15, -0.1) is 0 Å². The quantitative estimate of drug-likeness (QED) is 0.641. The zero-order valence-electron chi connectivity index (χ0n) is 9.12. The van der Waals surface area contributed by atoms with Crippen molar-refractivity contribution in [2.24, 2.45) is 0 Å². The summed E-state index contributed by atoms with van der Waals surface area (Å²) in [5, 5.41) is 10.8. The summed E-state index contributed by atoms with van der Waals surface area (Å²) in [5.74, 6) is 0. The lowest BCUT2D eigenvalue weighted by atomic mass is 10.2. The molecule has 0 bridgehead atoms. The van der Waals surface area contributed by atoms with E-state index in [2.05, 4.69) is 20.9 Å². The average molecular weight is 310 g/mol. The van der Waals surface area contributed by atoms with Gasteiger partial charge in [0.25, 0.3) is 11.2 Å². The molecule has 1 aromatic carbocycles. The highest BCUT2D eigenvalue weighted by atomic mass is 79.9. The summed E-state index contributed by atoms with van der Waals surface area (Å²) in [6.07, 6.45) is 2.80. The molecule has 0 aliphatic rings. The van der Waals surface area contributed by atoms with Gasteiger partial charge in [0.05, 0.1) is 22.3 Å². The van der Waals surface area contributed by atoms with Crippen molar-refractivity contribution in [1.29, 1.82) is 0 Å².